The first-order chi connectivity index (χ1) is 4.77. The van der Waals surface area contributed by atoms with E-state index in [9.17, 15) is 0 Å². The van der Waals surface area contributed by atoms with Crippen LogP contribution in [-0.2, 0) is 0 Å². The Morgan fingerprint density at radius 1 is 1.40 bits per heavy atom. The summed E-state index contributed by atoms with van der Waals surface area (Å²) < 4.78 is 0. The van der Waals surface area contributed by atoms with Crippen LogP contribution in [0.2, 0.25) is 0 Å². The van der Waals surface area contributed by atoms with Gasteiger partial charge in [0.15, 0.2) is 0 Å². The first kappa shape index (κ1) is 6.21. The number of rotatable bonds is 1. The summed E-state index contributed by atoms with van der Waals surface area (Å²) in [6, 6.07) is 0. The van der Waals surface area contributed by atoms with Crippen molar-refractivity contribution in [3.8, 4) is 0 Å². The molecule has 54 valence electrons. The van der Waals surface area contributed by atoms with Crippen LogP contribution in [0.3, 0.4) is 0 Å². The molecule has 1 saturated carbocycles. The average Bonchev–Trinajstić information content (AvgIpc) is 2.44. The second-order valence-corrected chi connectivity index (χ2v) is 3.73. The van der Waals surface area contributed by atoms with E-state index in [4.69, 9.17) is 0 Å². The zero-order valence-electron chi connectivity index (χ0n) is 6.51. The van der Waals surface area contributed by atoms with Crippen LogP contribution in [0.15, 0.2) is 24.3 Å². The van der Waals surface area contributed by atoms with Gasteiger partial charge in [-0.25, -0.2) is 0 Å². The maximum atomic E-state index is 4.02. The Balaban J connectivity index is 2.16. The fourth-order valence-corrected chi connectivity index (χ4v) is 2.35. The lowest BCUT2D eigenvalue weighted by molar-refractivity contribution is 0.521. The van der Waals surface area contributed by atoms with Gasteiger partial charge in [-0.2, -0.15) is 0 Å². The molecule has 10 heavy (non-hydrogen) atoms. The third-order valence-corrected chi connectivity index (χ3v) is 2.91. The smallest absolute Gasteiger partial charge is 0.0140 e. The van der Waals surface area contributed by atoms with Gasteiger partial charge in [0.2, 0.25) is 0 Å². The minimum Gasteiger partial charge on any atom is -0.0998 e. The lowest BCUT2D eigenvalue weighted by Crippen LogP contribution is -2.06. The van der Waals surface area contributed by atoms with Gasteiger partial charge in [0.25, 0.3) is 0 Å². The Kier molecular flexibility index (Phi) is 1.23. The van der Waals surface area contributed by atoms with Crippen LogP contribution in [0, 0.1) is 17.8 Å². The zero-order chi connectivity index (χ0) is 7.14. The van der Waals surface area contributed by atoms with Crippen LogP contribution in [0.1, 0.15) is 19.8 Å². The third-order valence-electron chi connectivity index (χ3n) is 2.91. The maximum absolute atomic E-state index is 4.02. The van der Waals surface area contributed by atoms with Crippen molar-refractivity contribution in [3.63, 3.8) is 0 Å². The van der Waals surface area contributed by atoms with E-state index in [0.717, 1.165) is 17.8 Å². The van der Waals surface area contributed by atoms with Crippen LogP contribution in [-0.4, -0.2) is 0 Å². The first-order valence-corrected chi connectivity index (χ1v) is 4.11. The zero-order valence-corrected chi connectivity index (χ0v) is 6.51. The molecule has 0 aromatic heterocycles. The summed E-state index contributed by atoms with van der Waals surface area (Å²) in [4.78, 5) is 0. The molecule has 0 saturated heterocycles. The van der Waals surface area contributed by atoms with Gasteiger partial charge in [-0.3, -0.25) is 0 Å². The summed E-state index contributed by atoms with van der Waals surface area (Å²) >= 11 is 0. The Morgan fingerprint density at radius 3 is 2.50 bits per heavy atom. The van der Waals surface area contributed by atoms with Gasteiger partial charge in [-0.1, -0.05) is 24.3 Å². The highest BCUT2D eigenvalue weighted by molar-refractivity contribution is 5.17. The second-order valence-electron chi connectivity index (χ2n) is 3.73. The van der Waals surface area contributed by atoms with Gasteiger partial charge >= 0.3 is 0 Å². The molecule has 2 rings (SSSR count). The summed E-state index contributed by atoms with van der Waals surface area (Å²) in [5.74, 6) is 2.56. The molecular formula is C10H14. The molecule has 0 unspecified atom stereocenters. The van der Waals surface area contributed by atoms with Gasteiger partial charge in [0.05, 0.1) is 0 Å². The molecule has 0 nitrogen and oxygen atoms in total. The first-order valence-electron chi connectivity index (χ1n) is 4.11. The van der Waals surface area contributed by atoms with Crippen LogP contribution in [0.4, 0.5) is 0 Å². The second kappa shape index (κ2) is 1.98. The summed E-state index contributed by atoms with van der Waals surface area (Å²) in [6.07, 6.45) is 7.53. The lowest BCUT2D eigenvalue weighted by atomic mass is 9.88. The van der Waals surface area contributed by atoms with E-state index in [1.165, 1.54) is 18.4 Å². The monoisotopic (exact) mass is 134 g/mol. The molecule has 0 N–H and O–H groups in total. The van der Waals surface area contributed by atoms with Crippen LogP contribution >= 0.6 is 0 Å². The Hall–Kier alpha value is -0.520. The molecular weight excluding hydrogens is 120 g/mol. The molecule has 2 aliphatic carbocycles. The summed E-state index contributed by atoms with van der Waals surface area (Å²) in [7, 11) is 0. The van der Waals surface area contributed by atoms with Crippen molar-refractivity contribution >= 4 is 0 Å². The highest BCUT2D eigenvalue weighted by Gasteiger charge is 2.35. The number of fused-ring (bicyclic) bond motifs is 2. The van der Waals surface area contributed by atoms with Crippen LogP contribution in [0.25, 0.3) is 0 Å². The molecule has 3 atom stereocenters. The Labute approximate surface area is 62.6 Å². The molecule has 0 radical (unpaired) electrons. The molecule has 0 aliphatic heterocycles. The van der Waals surface area contributed by atoms with Gasteiger partial charge < -0.3 is 0 Å². The fraction of sp³-hybridized carbons (Fsp3) is 0.600. The van der Waals surface area contributed by atoms with E-state index < -0.39 is 0 Å². The maximum Gasteiger partial charge on any atom is -0.0140 e. The van der Waals surface area contributed by atoms with E-state index in [-0.39, 0.29) is 0 Å². The van der Waals surface area contributed by atoms with Crippen molar-refractivity contribution in [1.82, 2.24) is 0 Å². The topological polar surface area (TPSA) is 0 Å². The molecule has 0 heterocycles. The molecule has 1 fully saturated rings. The lowest BCUT2D eigenvalue weighted by Gasteiger charge is -2.17. The van der Waals surface area contributed by atoms with Crippen molar-refractivity contribution in [3.05, 3.63) is 24.3 Å². The van der Waals surface area contributed by atoms with Crippen molar-refractivity contribution in [2.24, 2.45) is 17.8 Å². The molecule has 0 amide bonds. The van der Waals surface area contributed by atoms with E-state index >= 15 is 0 Å². The molecule has 0 spiro atoms. The normalized spacial score (nSPS) is 42.7. The average molecular weight is 134 g/mol. The minimum atomic E-state index is 0.815. The standard InChI is InChI=1S/C10H14/c1-7(2)10-6-8-3-4-9(10)5-8/h3-4,8-10H,1,5-6H2,2H3/t8-,9+,10+/m0/s1. The largest absolute Gasteiger partial charge is 0.0998 e. The van der Waals surface area contributed by atoms with Crippen molar-refractivity contribution in [2.75, 3.05) is 0 Å². The highest BCUT2D eigenvalue weighted by atomic mass is 14.4. The SMILES string of the molecule is C=C(C)[C@H]1C[C@H]2C=C[C@@H]1C2. The number of hydrogen-bond acceptors (Lipinski definition) is 0. The summed E-state index contributed by atoms with van der Waals surface area (Å²) in [6.45, 7) is 6.19. The van der Waals surface area contributed by atoms with Crippen molar-refractivity contribution < 1.29 is 0 Å². The van der Waals surface area contributed by atoms with Crippen molar-refractivity contribution in [1.29, 1.82) is 0 Å². The van der Waals surface area contributed by atoms with E-state index in [1.807, 2.05) is 0 Å². The predicted molar refractivity (Wildman–Crippen MR) is 43.7 cm³/mol. The molecule has 0 aromatic carbocycles. The van der Waals surface area contributed by atoms with Crippen LogP contribution in [0.5, 0.6) is 0 Å². The quantitative estimate of drug-likeness (QED) is 0.484. The van der Waals surface area contributed by atoms with E-state index in [0.29, 0.717) is 0 Å². The van der Waals surface area contributed by atoms with Crippen LogP contribution < -0.4 is 0 Å². The van der Waals surface area contributed by atoms with E-state index in [1.54, 1.807) is 0 Å². The van der Waals surface area contributed by atoms with Gasteiger partial charge in [0, 0.05) is 0 Å². The molecule has 0 heteroatoms. The molecule has 2 aliphatic rings. The fourth-order valence-electron chi connectivity index (χ4n) is 2.35. The highest BCUT2D eigenvalue weighted by Crippen LogP contribution is 2.45. The van der Waals surface area contributed by atoms with Gasteiger partial charge in [-0.05, 0) is 37.5 Å². The number of hydrogen-bond donors (Lipinski definition) is 0. The number of allylic oxidation sites excluding steroid dienone is 3. The Bertz CT molecular complexity index is 188. The van der Waals surface area contributed by atoms with Gasteiger partial charge in [0.1, 0.15) is 0 Å². The molecule has 0 aromatic rings. The van der Waals surface area contributed by atoms with E-state index in [2.05, 4.69) is 25.7 Å². The summed E-state index contributed by atoms with van der Waals surface area (Å²) in [5, 5.41) is 0. The van der Waals surface area contributed by atoms with Crippen molar-refractivity contribution in [2.45, 2.75) is 19.8 Å². The summed E-state index contributed by atoms with van der Waals surface area (Å²) in [5.41, 5.74) is 1.39. The van der Waals surface area contributed by atoms with Gasteiger partial charge in [-0.15, -0.1) is 0 Å². The predicted octanol–water partition coefficient (Wildman–Crippen LogP) is 2.77. The molecule has 2 bridgehead atoms. The third kappa shape index (κ3) is 0.749. The minimum absolute atomic E-state index is 0.815. The Morgan fingerprint density at radius 2 is 2.20 bits per heavy atom.